The van der Waals surface area contributed by atoms with E-state index in [1.54, 1.807) is 23.7 Å². The highest BCUT2D eigenvalue weighted by atomic mass is 32.1. The van der Waals surface area contributed by atoms with Crippen LogP contribution in [0.25, 0.3) is 10.2 Å². The summed E-state index contributed by atoms with van der Waals surface area (Å²) in [5.41, 5.74) is 1.06. The Hall–Kier alpha value is -2.41. The van der Waals surface area contributed by atoms with Crippen molar-refractivity contribution in [3.8, 4) is 5.88 Å². The predicted molar refractivity (Wildman–Crippen MR) is 109 cm³/mol. The largest absolute Gasteiger partial charge is 0.472 e. The fourth-order valence-corrected chi connectivity index (χ4v) is 4.73. The number of para-hydroxylation sites is 1. The number of fused-ring (bicyclic) bond motifs is 1. The molecule has 1 aliphatic carbocycles. The van der Waals surface area contributed by atoms with Crippen molar-refractivity contribution in [1.29, 1.82) is 0 Å². The number of nitrogens with zero attached hydrogens (tertiary/aromatic N) is 4. The summed E-state index contributed by atoms with van der Waals surface area (Å²) in [4.78, 5) is 15.9. The zero-order valence-corrected chi connectivity index (χ0v) is 16.2. The minimum absolute atomic E-state index is 0.187. The van der Waals surface area contributed by atoms with E-state index in [0.717, 1.165) is 42.4 Å². The molecule has 1 saturated heterocycles. The van der Waals surface area contributed by atoms with Crippen molar-refractivity contribution in [3.05, 3.63) is 36.7 Å². The van der Waals surface area contributed by atoms with Crippen LogP contribution in [0.4, 0.5) is 10.9 Å². The van der Waals surface area contributed by atoms with Gasteiger partial charge in [0, 0.05) is 44.4 Å². The first-order chi connectivity index (χ1) is 13.2. The van der Waals surface area contributed by atoms with Crippen LogP contribution in [0.3, 0.4) is 0 Å². The molecule has 5 rings (SSSR count). The molecule has 1 saturated carbocycles. The summed E-state index contributed by atoms with van der Waals surface area (Å²) in [7, 11) is 0. The molecule has 0 radical (unpaired) electrons. The van der Waals surface area contributed by atoms with Crippen LogP contribution in [-0.4, -0.2) is 40.2 Å². The molecule has 2 aliphatic rings. The zero-order chi connectivity index (χ0) is 18.2. The number of nitrogens with one attached hydrogen (secondary N) is 1. The standard InChI is InChI=1S/C20H23N5OS/c1-13-6-9-25(12-13)18-19(22-8-7-21-18)26-15-10-14(11-15)23-20-24-16-4-2-3-5-17(16)27-20/h2-5,7-8,13-15H,6,9-12H2,1H3,(H,23,24)/t13-,14-,15-/m1/s1. The lowest BCUT2D eigenvalue weighted by atomic mass is 9.89. The molecule has 140 valence electrons. The molecule has 27 heavy (non-hydrogen) atoms. The third kappa shape index (κ3) is 3.43. The van der Waals surface area contributed by atoms with Crippen molar-refractivity contribution in [2.75, 3.05) is 23.3 Å². The Labute approximate surface area is 162 Å². The van der Waals surface area contributed by atoms with E-state index >= 15 is 0 Å². The molecule has 1 N–H and O–H groups in total. The van der Waals surface area contributed by atoms with Gasteiger partial charge in [-0.25, -0.2) is 15.0 Å². The average Bonchev–Trinajstić information content (AvgIpc) is 3.26. The van der Waals surface area contributed by atoms with Crippen LogP contribution in [0.5, 0.6) is 5.88 Å². The Balaban J connectivity index is 1.19. The molecule has 2 fully saturated rings. The Bertz CT molecular complexity index is 906. The molecule has 0 bridgehead atoms. The molecule has 3 heterocycles. The van der Waals surface area contributed by atoms with E-state index in [-0.39, 0.29) is 6.10 Å². The summed E-state index contributed by atoms with van der Waals surface area (Å²) < 4.78 is 7.40. The van der Waals surface area contributed by atoms with Gasteiger partial charge in [0.25, 0.3) is 5.88 Å². The van der Waals surface area contributed by atoms with Crippen LogP contribution >= 0.6 is 11.3 Å². The van der Waals surface area contributed by atoms with Crippen LogP contribution in [-0.2, 0) is 0 Å². The molecular formula is C20H23N5OS. The monoisotopic (exact) mass is 381 g/mol. The first kappa shape index (κ1) is 16.7. The molecule has 1 atom stereocenters. The van der Waals surface area contributed by atoms with E-state index in [2.05, 4.69) is 50.3 Å². The second-order valence-electron chi connectivity index (χ2n) is 7.56. The van der Waals surface area contributed by atoms with E-state index in [1.807, 2.05) is 6.07 Å². The number of aromatic nitrogens is 3. The molecule has 0 unspecified atom stereocenters. The smallest absolute Gasteiger partial charge is 0.257 e. The summed E-state index contributed by atoms with van der Waals surface area (Å²) in [5, 5.41) is 4.53. The number of hydrogen-bond acceptors (Lipinski definition) is 7. The summed E-state index contributed by atoms with van der Waals surface area (Å²) >= 11 is 1.71. The van der Waals surface area contributed by atoms with Gasteiger partial charge in [-0.1, -0.05) is 30.4 Å². The molecular weight excluding hydrogens is 358 g/mol. The van der Waals surface area contributed by atoms with Gasteiger partial charge in [0.15, 0.2) is 10.9 Å². The maximum Gasteiger partial charge on any atom is 0.257 e. The molecule has 7 heteroatoms. The third-order valence-electron chi connectivity index (χ3n) is 5.36. The molecule has 0 amide bonds. The average molecular weight is 382 g/mol. The van der Waals surface area contributed by atoms with Crippen molar-refractivity contribution >= 4 is 32.5 Å². The fourth-order valence-electron chi connectivity index (χ4n) is 3.79. The van der Waals surface area contributed by atoms with Crippen molar-refractivity contribution in [3.63, 3.8) is 0 Å². The summed E-state index contributed by atoms with van der Waals surface area (Å²) in [6.45, 7) is 4.34. The first-order valence-electron chi connectivity index (χ1n) is 9.59. The van der Waals surface area contributed by atoms with Gasteiger partial charge in [-0.05, 0) is 24.5 Å². The van der Waals surface area contributed by atoms with Gasteiger partial charge in [0.1, 0.15) is 6.10 Å². The highest BCUT2D eigenvalue weighted by molar-refractivity contribution is 7.22. The Morgan fingerprint density at radius 2 is 2.04 bits per heavy atom. The maximum atomic E-state index is 6.18. The molecule has 1 aliphatic heterocycles. The zero-order valence-electron chi connectivity index (χ0n) is 15.3. The second-order valence-corrected chi connectivity index (χ2v) is 8.59. The van der Waals surface area contributed by atoms with Crippen LogP contribution in [0.1, 0.15) is 26.2 Å². The second kappa shape index (κ2) is 6.96. The van der Waals surface area contributed by atoms with Gasteiger partial charge in [0.2, 0.25) is 0 Å². The number of rotatable bonds is 5. The number of ether oxygens (including phenoxy) is 1. The lowest BCUT2D eigenvalue weighted by Crippen LogP contribution is -2.43. The topological polar surface area (TPSA) is 63.2 Å². The quantitative estimate of drug-likeness (QED) is 0.722. The van der Waals surface area contributed by atoms with Gasteiger partial charge in [-0.2, -0.15) is 0 Å². The van der Waals surface area contributed by atoms with Gasteiger partial charge < -0.3 is 15.0 Å². The van der Waals surface area contributed by atoms with Gasteiger partial charge in [-0.3, -0.25) is 0 Å². The number of hydrogen-bond donors (Lipinski definition) is 1. The number of anilines is 2. The summed E-state index contributed by atoms with van der Waals surface area (Å²) in [6, 6.07) is 8.65. The Morgan fingerprint density at radius 1 is 1.19 bits per heavy atom. The Morgan fingerprint density at radius 3 is 2.85 bits per heavy atom. The van der Waals surface area contributed by atoms with Crippen molar-refractivity contribution in [1.82, 2.24) is 15.0 Å². The van der Waals surface area contributed by atoms with Crippen molar-refractivity contribution < 1.29 is 4.74 Å². The van der Waals surface area contributed by atoms with Crippen molar-refractivity contribution in [2.24, 2.45) is 5.92 Å². The number of benzene rings is 1. The predicted octanol–water partition coefficient (Wildman–Crippen LogP) is 3.95. The van der Waals surface area contributed by atoms with Crippen LogP contribution in [0.15, 0.2) is 36.7 Å². The summed E-state index contributed by atoms with van der Waals surface area (Å²) in [6.07, 6.45) is 6.78. The van der Waals surface area contributed by atoms with Crippen LogP contribution < -0.4 is 15.0 Å². The lowest BCUT2D eigenvalue weighted by molar-refractivity contribution is 0.103. The number of thiazole rings is 1. The molecule has 2 aromatic heterocycles. The van der Waals surface area contributed by atoms with Crippen LogP contribution in [0.2, 0.25) is 0 Å². The van der Waals surface area contributed by atoms with E-state index in [1.165, 1.54) is 11.1 Å². The normalized spacial score (nSPS) is 24.8. The van der Waals surface area contributed by atoms with E-state index in [4.69, 9.17) is 4.74 Å². The van der Waals surface area contributed by atoms with E-state index < -0.39 is 0 Å². The first-order valence-corrected chi connectivity index (χ1v) is 10.4. The minimum atomic E-state index is 0.187. The van der Waals surface area contributed by atoms with Crippen LogP contribution in [0, 0.1) is 5.92 Å². The highest BCUT2D eigenvalue weighted by Gasteiger charge is 2.33. The molecule has 1 aromatic carbocycles. The SMILES string of the molecule is C[C@@H]1CCN(c2nccnc2O[C@H]2C[C@H](Nc3nc4ccccc4s3)C2)C1. The summed E-state index contributed by atoms with van der Waals surface area (Å²) in [5.74, 6) is 2.27. The van der Waals surface area contributed by atoms with E-state index in [0.29, 0.717) is 17.8 Å². The van der Waals surface area contributed by atoms with Gasteiger partial charge in [0.05, 0.1) is 10.2 Å². The maximum absolute atomic E-state index is 6.18. The Kier molecular flexibility index (Phi) is 4.32. The molecule has 3 aromatic rings. The third-order valence-corrected chi connectivity index (χ3v) is 6.33. The van der Waals surface area contributed by atoms with Gasteiger partial charge in [-0.15, -0.1) is 0 Å². The fraction of sp³-hybridized carbons (Fsp3) is 0.450. The highest BCUT2D eigenvalue weighted by Crippen LogP contribution is 2.34. The molecule has 6 nitrogen and oxygen atoms in total. The lowest BCUT2D eigenvalue weighted by Gasteiger charge is -2.35. The van der Waals surface area contributed by atoms with Crippen molar-refractivity contribution in [2.45, 2.75) is 38.3 Å². The minimum Gasteiger partial charge on any atom is -0.472 e. The van der Waals surface area contributed by atoms with Gasteiger partial charge >= 0.3 is 0 Å². The van der Waals surface area contributed by atoms with E-state index in [9.17, 15) is 0 Å². The molecule has 0 spiro atoms.